The standard InChI is InChI=1S/C19H18N4O2/c1-13-2-4-14(5-3-13)12-23-16(6-7-17(23)24)19-21-18(22-25-19)15-8-10-20-11-9-15/h2-5,8-11,16H,6-7,12H2,1H3. The molecule has 0 bridgehead atoms. The minimum Gasteiger partial charge on any atom is -0.337 e. The Balaban J connectivity index is 1.57. The van der Waals surface area contributed by atoms with Crippen LogP contribution in [0.15, 0.2) is 53.3 Å². The van der Waals surface area contributed by atoms with Crippen LogP contribution in [-0.4, -0.2) is 25.9 Å². The van der Waals surface area contributed by atoms with Crippen LogP contribution in [0.3, 0.4) is 0 Å². The average molecular weight is 334 g/mol. The van der Waals surface area contributed by atoms with Crippen molar-refractivity contribution in [3.05, 3.63) is 65.8 Å². The number of hydrogen-bond donors (Lipinski definition) is 0. The summed E-state index contributed by atoms with van der Waals surface area (Å²) in [6, 6.07) is 11.7. The fraction of sp³-hybridized carbons (Fsp3) is 0.263. The Bertz CT molecular complexity index is 874. The van der Waals surface area contributed by atoms with E-state index in [0.29, 0.717) is 31.1 Å². The van der Waals surface area contributed by atoms with Gasteiger partial charge in [-0.2, -0.15) is 4.98 Å². The van der Waals surface area contributed by atoms with Crippen LogP contribution >= 0.6 is 0 Å². The Hall–Kier alpha value is -3.02. The summed E-state index contributed by atoms with van der Waals surface area (Å²) in [5.41, 5.74) is 3.14. The maximum absolute atomic E-state index is 12.3. The van der Waals surface area contributed by atoms with Gasteiger partial charge in [-0.1, -0.05) is 35.0 Å². The molecule has 1 amide bonds. The molecule has 4 rings (SSSR count). The molecule has 3 aromatic rings. The predicted octanol–water partition coefficient (Wildman–Crippen LogP) is 3.30. The van der Waals surface area contributed by atoms with E-state index in [-0.39, 0.29) is 11.9 Å². The molecule has 126 valence electrons. The van der Waals surface area contributed by atoms with E-state index in [0.717, 1.165) is 11.1 Å². The normalized spacial score (nSPS) is 17.2. The zero-order valence-electron chi connectivity index (χ0n) is 13.9. The highest BCUT2D eigenvalue weighted by atomic mass is 16.5. The van der Waals surface area contributed by atoms with Crippen molar-refractivity contribution in [2.75, 3.05) is 0 Å². The number of carbonyl (C=O) groups excluding carboxylic acids is 1. The summed E-state index contributed by atoms with van der Waals surface area (Å²) in [4.78, 5) is 22.7. The molecule has 0 aliphatic carbocycles. The number of hydrogen-bond acceptors (Lipinski definition) is 5. The molecule has 0 N–H and O–H groups in total. The van der Waals surface area contributed by atoms with E-state index >= 15 is 0 Å². The number of carbonyl (C=O) groups is 1. The molecule has 1 fully saturated rings. The second-order valence-corrected chi connectivity index (χ2v) is 6.25. The first-order valence-corrected chi connectivity index (χ1v) is 8.30. The Labute approximate surface area is 145 Å². The summed E-state index contributed by atoms with van der Waals surface area (Å²) in [5.74, 6) is 1.13. The van der Waals surface area contributed by atoms with Crippen molar-refractivity contribution in [1.29, 1.82) is 0 Å². The van der Waals surface area contributed by atoms with Crippen LogP contribution in [0.2, 0.25) is 0 Å². The summed E-state index contributed by atoms with van der Waals surface area (Å²) in [6.45, 7) is 2.60. The monoisotopic (exact) mass is 334 g/mol. The van der Waals surface area contributed by atoms with E-state index in [1.807, 2.05) is 36.1 Å². The average Bonchev–Trinajstić information content (AvgIpc) is 3.25. The van der Waals surface area contributed by atoms with Gasteiger partial charge >= 0.3 is 0 Å². The lowest BCUT2D eigenvalue weighted by Crippen LogP contribution is -2.27. The Morgan fingerprint density at radius 1 is 1.16 bits per heavy atom. The molecule has 1 aliphatic rings. The molecule has 6 heteroatoms. The largest absolute Gasteiger partial charge is 0.337 e. The molecular weight excluding hydrogens is 316 g/mol. The highest BCUT2D eigenvalue weighted by Gasteiger charge is 2.35. The lowest BCUT2D eigenvalue weighted by Gasteiger charge is -2.22. The minimum absolute atomic E-state index is 0.120. The molecule has 6 nitrogen and oxygen atoms in total. The van der Waals surface area contributed by atoms with Gasteiger partial charge in [0.1, 0.15) is 6.04 Å². The lowest BCUT2D eigenvalue weighted by atomic mass is 10.1. The van der Waals surface area contributed by atoms with E-state index in [9.17, 15) is 4.79 Å². The summed E-state index contributed by atoms with van der Waals surface area (Å²) >= 11 is 0. The summed E-state index contributed by atoms with van der Waals surface area (Å²) < 4.78 is 5.46. The Morgan fingerprint density at radius 3 is 2.68 bits per heavy atom. The van der Waals surface area contributed by atoms with Crippen LogP contribution in [0.4, 0.5) is 0 Å². The van der Waals surface area contributed by atoms with Gasteiger partial charge in [0.05, 0.1) is 0 Å². The first-order valence-electron chi connectivity index (χ1n) is 8.30. The molecule has 2 aromatic heterocycles. The molecule has 25 heavy (non-hydrogen) atoms. The molecule has 1 aromatic carbocycles. The van der Waals surface area contributed by atoms with Crippen molar-refractivity contribution in [1.82, 2.24) is 20.0 Å². The van der Waals surface area contributed by atoms with E-state index in [1.165, 1.54) is 5.56 Å². The fourth-order valence-corrected chi connectivity index (χ4v) is 3.07. The molecule has 3 heterocycles. The van der Waals surface area contributed by atoms with Crippen LogP contribution < -0.4 is 0 Å². The number of nitrogens with zero attached hydrogens (tertiary/aromatic N) is 4. The molecule has 1 saturated heterocycles. The summed E-state index contributed by atoms with van der Waals surface area (Å²) in [5, 5.41) is 4.06. The SMILES string of the molecule is Cc1ccc(CN2C(=O)CCC2c2nc(-c3ccncc3)no2)cc1. The third kappa shape index (κ3) is 3.15. The molecule has 1 unspecified atom stereocenters. The van der Waals surface area contributed by atoms with Gasteiger partial charge in [0.2, 0.25) is 17.6 Å². The van der Waals surface area contributed by atoms with Crippen LogP contribution in [-0.2, 0) is 11.3 Å². The predicted molar refractivity (Wildman–Crippen MR) is 91.2 cm³/mol. The number of aromatic nitrogens is 3. The molecule has 1 atom stereocenters. The third-order valence-electron chi connectivity index (χ3n) is 4.47. The molecule has 1 aliphatic heterocycles. The van der Waals surface area contributed by atoms with Crippen molar-refractivity contribution in [2.45, 2.75) is 32.4 Å². The highest BCUT2D eigenvalue weighted by molar-refractivity contribution is 5.78. The van der Waals surface area contributed by atoms with Crippen molar-refractivity contribution in [3.8, 4) is 11.4 Å². The zero-order valence-corrected chi connectivity index (χ0v) is 13.9. The quantitative estimate of drug-likeness (QED) is 0.732. The van der Waals surface area contributed by atoms with Gasteiger partial charge < -0.3 is 9.42 Å². The Morgan fingerprint density at radius 2 is 1.92 bits per heavy atom. The van der Waals surface area contributed by atoms with Gasteiger partial charge in [0, 0.05) is 30.9 Å². The number of benzene rings is 1. The van der Waals surface area contributed by atoms with Gasteiger partial charge in [0.25, 0.3) is 0 Å². The van der Waals surface area contributed by atoms with Gasteiger partial charge in [0.15, 0.2) is 0 Å². The minimum atomic E-state index is -0.170. The van der Waals surface area contributed by atoms with Gasteiger partial charge in [-0.3, -0.25) is 9.78 Å². The molecule has 0 radical (unpaired) electrons. The smallest absolute Gasteiger partial charge is 0.249 e. The second-order valence-electron chi connectivity index (χ2n) is 6.25. The number of aryl methyl sites for hydroxylation is 1. The van der Waals surface area contributed by atoms with Gasteiger partial charge in [-0.05, 0) is 31.0 Å². The maximum atomic E-state index is 12.3. The molecular formula is C19H18N4O2. The van der Waals surface area contributed by atoms with Crippen LogP contribution in [0.1, 0.15) is 35.9 Å². The van der Waals surface area contributed by atoms with Crippen molar-refractivity contribution >= 4 is 5.91 Å². The van der Waals surface area contributed by atoms with E-state index in [2.05, 4.69) is 27.3 Å². The lowest BCUT2D eigenvalue weighted by molar-refractivity contribution is -0.129. The van der Waals surface area contributed by atoms with Gasteiger partial charge in [-0.15, -0.1) is 0 Å². The van der Waals surface area contributed by atoms with Crippen molar-refractivity contribution in [2.24, 2.45) is 0 Å². The maximum Gasteiger partial charge on any atom is 0.249 e. The summed E-state index contributed by atoms with van der Waals surface area (Å²) in [6.07, 6.45) is 4.58. The number of amides is 1. The van der Waals surface area contributed by atoms with Crippen LogP contribution in [0.25, 0.3) is 11.4 Å². The van der Waals surface area contributed by atoms with E-state index in [1.54, 1.807) is 12.4 Å². The van der Waals surface area contributed by atoms with Crippen molar-refractivity contribution in [3.63, 3.8) is 0 Å². The second kappa shape index (κ2) is 6.47. The van der Waals surface area contributed by atoms with Crippen LogP contribution in [0, 0.1) is 6.92 Å². The number of rotatable bonds is 4. The topological polar surface area (TPSA) is 72.1 Å². The first kappa shape index (κ1) is 15.5. The highest BCUT2D eigenvalue weighted by Crippen LogP contribution is 2.34. The van der Waals surface area contributed by atoms with Crippen LogP contribution in [0.5, 0.6) is 0 Å². The van der Waals surface area contributed by atoms with E-state index < -0.39 is 0 Å². The number of pyridine rings is 1. The molecule has 0 saturated carbocycles. The first-order chi connectivity index (χ1) is 12.2. The number of likely N-dealkylation sites (tertiary alicyclic amines) is 1. The van der Waals surface area contributed by atoms with Gasteiger partial charge in [-0.25, -0.2) is 0 Å². The van der Waals surface area contributed by atoms with E-state index in [4.69, 9.17) is 4.52 Å². The fourth-order valence-electron chi connectivity index (χ4n) is 3.07. The summed E-state index contributed by atoms with van der Waals surface area (Å²) in [7, 11) is 0. The molecule has 0 spiro atoms. The zero-order chi connectivity index (χ0) is 17.2. The Kier molecular flexibility index (Phi) is 4.01. The van der Waals surface area contributed by atoms with Crippen molar-refractivity contribution < 1.29 is 9.32 Å². The third-order valence-corrected chi connectivity index (χ3v) is 4.47.